The van der Waals surface area contributed by atoms with Crippen LogP contribution in [0.5, 0.6) is 0 Å². The van der Waals surface area contributed by atoms with E-state index in [0.29, 0.717) is 12.1 Å². The lowest BCUT2D eigenvalue weighted by Gasteiger charge is -2.38. The van der Waals surface area contributed by atoms with E-state index in [9.17, 15) is 0 Å². The summed E-state index contributed by atoms with van der Waals surface area (Å²) in [4.78, 5) is 2.54. The van der Waals surface area contributed by atoms with Crippen LogP contribution >= 0.6 is 0 Å². The largest absolute Gasteiger partial charge is 0.379 e. The minimum absolute atomic E-state index is 0.504. The molecule has 1 fully saturated rings. The summed E-state index contributed by atoms with van der Waals surface area (Å²) in [6.45, 7) is 2.94. The first-order valence-electron chi connectivity index (χ1n) is 6.50. The molecule has 0 bridgehead atoms. The van der Waals surface area contributed by atoms with Crippen LogP contribution in [0.1, 0.15) is 24.4 Å². The van der Waals surface area contributed by atoms with Gasteiger partial charge < -0.3 is 15.0 Å². The molecule has 1 aromatic rings. The van der Waals surface area contributed by atoms with Crippen LogP contribution in [0.3, 0.4) is 0 Å². The summed E-state index contributed by atoms with van der Waals surface area (Å²) < 4.78 is 5.52. The van der Waals surface area contributed by atoms with Crippen molar-refractivity contribution in [1.82, 2.24) is 5.32 Å². The molecule has 92 valence electrons. The van der Waals surface area contributed by atoms with Gasteiger partial charge in [-0.1, -0.05) is 18.2 Å². The Kier molecular flexibility index (Phi) is 3.04. The van der Waals surface area contributed by atoms with Crippen molar-refractivity contribution >= 4 is 5.69 Å². The Labute approximate surface area is 103 Å². The van der Waals surface area contributed by atoms with Crippen LogP contribution in [-0.2, 0) is 4.74 Å². The normalized spacial score (nSPS) is 28.2. The van der Waals surface area contributed by atoms with Crippen LogP contribution in [0, 0.1) is 0 Å². The van der Waals surface area contributed by atoms with Crippen LogP contribution < -0.4 is 10.2 Å². The van der Waals surface area contributed by atoms with Gasteiger partial charge >= 0.3 is 0 Å². The molecule has 2 unspecified atom stereocenters. The zero-order chi connectivity index (χ0) is 11.7. The van der Waals surface area contributed by atoms with Gasteiger partial charge in [-0.2, -0.15) is 0 Å². The number of para-hydroxylation sites is 1. The SMILES string of the molecule is CNC1CCN(C2CCOC2)c2ccccc21. The van der Waals surface area contributed by atoms with Crippen molar-refractivity contribution in [1.29, 1.82) is 0 Å². The third kappa shape index (κ3) is 1.94. The average Bonchev–Trinajstić information content (AvgIpc) is 2.91. The second-order valence-electron chi connectivity index (χ2n) is 4.90. The van der Waals surface area contributed by atoms with Gasteiger partial charge in [-0.05, 0) is 31.5 Å². The molecule has 1 aromatic carbocycles. The van der Waals surface area contributed by atoms with E-state index < -0.39 is 0 Å². The van der Waals surface area contributed by atoms with Crippen molar-refractivity contribution in [3.05, 3.63) is 29.8 Å². The Morgan fingerprint density at radius 1 is 1.29 bits per heavy atom. The summed E-state index contributed by atoms with van der Waals surface area (Å²) in [6.07, 6.45) is 2.35. The minimum Gasteiger partial charge on any atom is -0.379 e. The zero-order valence-corrected chi connectivity index (χ0v) is 10.4. The maximum Gasteiger partial charge on any atom is 0.0670 e. The number of benzene rings is 1. The fourth-order valence-electron chi connectivity index (χ4n) is 3.03. The predicted octanol–water partition coefficient (Wildman–Crippen LogP) is 1.95. The molecule has 0 radical (unpaired) electrons. The Balaban J connectivity index is 1.92. The highest BCUT2D eigenvalue weighted by Crippen LogP contribution is 2.35. The zero-order valence-electron chi connectivity index (χ0n) is 10.4. The molecule has 3 nitrogen and oxygen atoms in total. The molecule has 2 atom stereocenters. The number of hydrogen-bond donors (Lipinski definition) is 1. The van der Waals surface area contributed by atoms with E-state index in [0.717, 1.165) is 19.8 Å². The van der Waals surface area contributed by atoms with Crippen molar-refractivity contribution in [3.63, 3.8) is 0 Å². The van der Waals surface area contributed by atoms with Crippen LogP contribution in [-0.4, -0.2) is 32.8 Å². The molecule has 0 saturated carbocycles. The summed E-state index contributed by atoms with van der Waals surface area (Å²) in [7, 11) is 2.05. The third-order valence-electron chi connectivity index (χ3n) is 3.98. The van der Waals surface area contributed by atoms with Crippen molar-refractivity contribution in [2.75, 3.05) is 31.7 Å². The quantitative estimate of drug-likeness (QED) is 0.843. The van der Waals surface area contributed by atoms with E-state index >= 15 is 0 Å². The van der Waals surface area contributed by atoms with E-state index in [2.05, 4.69) is 41.5 Å². The van der Waals surface area contributed by atoms with Gasteiger partial charge in [-0.25, -0.2) is 0 Å². The molecule has 17 heavy (non-hydrogen) atoms. The molecular formula is C14H20N2O. The van der Waals surface area contributed by atoms with Crippen LogP contribution in [0.15, 0.2) is 24.3 Å². The summed E-state index contributed by atoms with van der Waals surface area (Å²) in [5, 5.41) is 3.41. The molecule has 1 saturated heterocycles. The summed E-state index contributed by atoms with van der Waals surface area (Å²) in [5.74, 6) is 0. The first-order chi connectivity index (χ1) is 8.40. The van der Waals surface area contributed by atoms with E-state index in [4.69, 9.17) is 4.74 Å². The van der Waals surface area contributed by atoms with Gasteiger partial charge in [0.1, 0.15) is 0 Å². The molecule has 0 spiro atoms. The fraction of sp³-hybridized carbons (Fsp3) is 0.571. The van der Waals surface area contributed by atoms with Crippen molar-refractivity contribution in [2.24, 2.45) is 0 Å². The number of nitrogens with zero attached hydrogens (tertiary/aromatic N) is 1. The molecule has 1 N–H and O–H groups in total. The third-order valence-corrected chi connectivity index (χ3v) is 3.98. The highest BCUT2D eigenvalue weighted by atomic mass is 16.5. The average molecular weight is 232 g/mol. The van der Waals surface area contributed by atoms with Gasteiger partial charge in [0.05, 0.1) is 12.6 Å². The second kappa shape index (κ2) is 4.67. The van der Waals surface area contributed by atoms with Crippen molar-refractivity contribution in [2.45, 2.75) is 24.9 Å². The summed E-state index contributed by atoms with van der Waals surface area (Å²) in [6, 6.07) is 9.85. The molecular weight excluding hydrogens is 212 g/mol. The van der Waals surface area contributed by atoms with E-state index in [-0.39, 0.29) is 0 Å². The molecule has 3 heteroatoms. The fourth-order valence-corrected chi connectivity index (χ4v) is 3.03. The van der Waals surface area contributed by atoms with Gasteiger partial charge in [0, 0.05) is 24.9 Å². The van der Waals surface area contributed by atoms with Crippen LogP contribution in [0.4, 0.5) is 5.69 Å². The Hall–Kier alpha value is -1.06. The second-order valence-corrected chi connectivity index (χ2v) is 4.90. The van der Waals surface area contributed by atoms with Crippen molar-refractivity contribution < 1.29 is 4.74 Å². The van der Waals surface area contributed by atoms with Gasteiger partial charge in [0.15, 0.2) is 0 Å². The smallest absolute Gasteiger partial charge is 0.0670 e. The van der Waals surface area contributed by atoms with Gasteiger partial charge in [0.25, 0.3) is 0 Å². The number of anilines is 1. The summed E-state index contributed by atoms with van der Waals surface area (Å²) in [5.41, 5.74) is 2.83. The monoisotopic (exact) mass is 232 g/mol. The van der Waals surface area contributed by atoms with E-state index in [1.165, 1.54) is 24.1 Å². The van der Waals surface area contributed by atoms with E-state index in [1.54, 1.807) is 0 Å². The molecule has 0 aromatic heterocycles. The van der Waals surface area contributed by atoms with Gasteiger partial charge in [-0.15, -0.1) is 0 Å². The standard InChI is InChI=1S/C14H20N2O/c1-15-13-6-8-16(11-7-9-17-10-11)14-5-3-2-4-12(13)14/h2-5,11,13,15H,6-10H2,1H3. The molecule has 2 heterocycles. The van der Waals surface area contributed by atoms with E-state index in [1.807, 2.05) is 0 Å². The lowest BCUT2D eigenvalue weighted by atomic mass is 9.95. The molecule has 0 aliphatic carbocycles. The predicted molar refractivity (Wildman–Crippen MR) is 69.4 cm³/mol. The Morgan fingerprint density at radius 2 is 2.18 bits per heavy atom. The molecule has 3 rings (SSSR count). The Morgan fingerprint density at radius 3 is 2.94 bits per heavy atom. The van der Waals surface area contributed by atoms with Crippen LogP contribution in [0.2, 0.25) is 0 Å². The topological polar surface area (TPSA) is 24.5 Å². The van der Waals surface area contributed by atoms with Gasteiger partial charge in [0.2, 0.25) is 0 Å². The number of ether oxygens (including phenoxy) is 1. The lowest BCUT2D eigenvalue weighted by Crippen LogP contribution is -2.42. The number of hydrogen-bond acceptors (Lipinski definition) is 3. The van der Waals surface area contributed by atoms with Crippen molar-refractivity contribution in [3.8, 4) is 0 Å². The maximum absolute atomic E-state index is 5.52. The van der Waals surface area contributed by atoms with Gasteiger partial charge in [-0.3, -0.25) is 0 Å². The highest BCUT2D eigenvalue weighted by Gasteiger charge is 2.30. The number of fused-ring (bicyclic) bond motifs is 1. The lowest BCUT2D eigenvalue weighted by molar-refractivity contribution is 0.192. The maximum atomic E-state index is 5.52. The highest BCUT2D eigenvalue weighted by molar-refractivity contribution is 5.57. The minimum atomic E-state index is 0.504. The first kappa shape index (κ1) is 11.1. The molecule has 2 aliphatic rings. The Bertz CT molecular complexity index is 388. The first-order valence-corrected chi connectivity index (χ1v) is 6.50. The number of rotatable bonds is 2. The number of nitrogens with one attached hydrogen (secondary N) is 1. The molecule has 2 aliphatic heterocycles. The van der Waals surface area contributed by atoms with Crippen LogP contribution in [0.25, 0.3) is 0 Å². The molecule has 0 amide bonds. The summed E-state index contributed by atoms with van der Waals surface area (Å²) >= 11 is 0.